The molecule has 1 aromatic heterocycles. The molecule has 0 amide bonds. The SMILES string of the molecule is CCC(CC)(CNc1cnc(C#N)cn1)SC. The highest BCUT2D eigenvalue weighted by Crippen LogP contribution is 2.30. The Bertz CT molecular complexity index is 370. The third-order valence-electron chi connectivity index (χ3n) is 3.08. The molecule has 17 heavy (non-hydrogen) atoms. The van der Waals surface area contributed by atoms with Gasteiger partial charge >= 0.3 is 0 Å². The lowest BCUT2D eigenvalue weighted by Crippen LogP contribution is -2.32. The molecule has 0 saturated heterocycles. The molecule has 0 aliphatic rings. The summed E-state index contributed by atoms with van der Waals surface area (Å²) in [6, 6.07) is 1.95. The van der Waals surface area contributed by atoms with E-state index in [1.165, 1.54) is 6.20 Å². The molecule has 1 N–H and O–H groups in total. The fourth-order valence-electron chi connectivity index (χ4n) is 1.59. The Morgan fingerprint density at radius 2 is 2.06 bits per heavy atom. The van der Waals surface area contributed by atoms with Crippen LogP contribution in [0.15, 0.2) is 12.4 Å². The Balaban J connectivity index is 2.63. The molecule has 1 rings (SSSR count). The number of aromatic nitrogens is 2. The molecule has 1 aromatic rings. The first-order chi connectivity index (χ1) is 8.19. The summed E-state index contributed by atoms with van der Waals surface area (Å²) >= 11 is 1.88. The van der Waals surface area contributed by atoms with Crippen LogP contribution in [0.2, 0.25) is 0 Å². The molecular weight excluding hydrogens is 232 g/mol. The van der Waals surface area contributed by atoms with Gasteiger partial charge < -0.3 is 5.32 Å². The summed E-state index contributed by atoms with van der Waals surface area (Å²) in [6.45, 7) is 5.26. The van der Waals surface area contributed by atoms with Crippen molar-refractivity contribution in [2.24, 2.45) is 0 Å². The van der Waals surface area contributed by atoms with Crippen molar-refractivity contribution in [3.63, 3.8) is 0 Å². The molecule has 0 radical (unpaired) electrons. The predicted molar refractivity (Wildman–Crippen MR) is 72.1 cm³/mol. The Labute approximate surface area is 107 Å². The highest BCUT2D eigenvalue weighted by atomic mass is 32.2. The lowest BCUT2D eigenvalue weighted by Gasteiger charge is -2.29. The smallest absolute Gasteiger partial charge is 0.158 e. The maximum atomic E-state index is 8.63. The van der Waals surface area contributed by atoms with E-state index in [0.717, 1.165) is 25.2 Å². The van der Waals surface area contributed by atoms with E-state index < -0.39 is 0 Å². The van der Waals surface area contributed by atoms with Crippen LogP contribution in [0.1, 0.15) is 32.4 Å². The van der Waals surface area contributed by atoms with Crippen LogP contribution in [0.3, 0.4) is 0 Å². The van der Waals surface area contributed by atoms with Gasteiger partial charge in [-0.3, -0.25) is 0 Å². The summed E-state index contributed by atoms with van der Waals surface area (Å²) in [4.78, 5) is 8.13. The maximum absolute atomic E-state index is 8.63. The third-order valence-corrected chi connectivity index (χ3v) is 4.67. The van der Waals surface area contributed by atoms with Gasteiger partial charge in [0.2, 0.25) is 0 Å². The number of anilines is 1. The maximum Gasteiger partial charge on any atom is 0.158 e. The Morgan fingerprint density at radius 3 is 2.47 bits per heavy atom. The van der Waals surface area contributed by atoms with Crippen LogP contribution in [-0.2, 0) is 0 Å². The monoisotopic (exact) mass is 250 g/mol. The van der Waals surface area contributed by atoms with E-state index in [2.05, 4.69) is 35.4 Å². The first kappa shape index (κ1) is 13.8. The number of nitriles is 1. The summed E-state index contributed by atoms with van der Waals surface area (Å²) in [7, 11) is 0. The van der Waals surface area contributed by atoms with E-state index in [1.807, 2.05) is 17.8 Å². The van der Waals surface area contributed by atoms with Gasteiger partial charge in [-0.05, 0) is 19.1 Å². The minimum atomic E-state index is 0.246. The standard InChI is InChI=1S/C12H18N4S/c1-4-12(5-2,17-3)9-16-11-8-14-10(6-13)7-15-11/h7-8H,4-5,9H2,1-3H3,(H,15,16). The second-order valence-electron chi connectivity index (χ2n) is 3.85. The molecule has 0 saturated carbocycles. The Morgan fingerprint density at radius 1 is 1.35 bits per heavy atom. The van der Waals surface area contributed by atoms with E-state index in [1.54, 1.807) is 6.20 Å². The molecular formula is C12H18N4S. The first-order valence-corrected chi connectivity index (χ1v) is 6.93. The highest BCUT2D eigenvalue weighted by molar-refractivity contribution is 8.00. The van der Waals surface area contributed by atoms with Crippen LogP contribution in [0.4, 0.5) is 5.82 Å². The van der Waals surface area contributed by atoms with E-state index in [4.69, 9.17) is 5.26 Å². The molecule has 0 aliphatic carbocycles. The van der Waals surface area contributed by atoms with Crippen molar-refractivity contribution in [1.82, 2.24) is 9.97 Å². The zero-order valence-electron chi connectivity index (χ0n) is 10.5. The van der Waals surface area contributed by atoms with Crippen molar-refractivity contribution in [2.45, 2.75) is 31.4 Å². The molecule has 4 nitrogen and oxygen atoms in total. The van der Waals surface area contributed by atoms with Crippen LogP contribution < -0.4 is 5.32 Å². The van der Waals surface area contributed by atoms with Crippen molar-refractivity contribution in [1.29, 1.82) is 5.26 Å². The van der Waals surface area contributed by atoms with E-state index >= 15 is 0 Å². The number of thioether (sulfide) groups is 1. The summed E-state index contributed by atoms with van der Waals surface area (Å²) in [5.41, 5.74) is 0.345. The second-order valence-corrected chi connectivity index (χ2v) is 5.12. The molecule has 92 valence electrons. The average Bonchev–Trinajstić information content (AvgIpc) is 2.41. The van der Waals surface area contributed by atoms with Gasteiger partial charge in [-0.1, -0.05) is 13.8 Å². The molecule has 0 spiro atoms. The number of hydrogen-bond donors (Lipinski definition) is 1. The van der Waals surface area contributed by atoms with Gasteiger partial charge in [-0.25, -0.2) is 9.97 Å². The van der Waals surface area contributed by atoms with Gasteiger partial charge in [0, 0.05) is 11.3 Å². The Kier molecular flexibility index (Phi) is 5.23. The molecule has 0 unspecified atom stereocenters. The van der Waals surface area contributed by atoms with Gasteiger partial charge in [0.05, 0.1) is 12.4 Å². The lowest BCUT2D eigenvalue weighted by molar-refractivity contribution is 0.574. The Hall–Kier alpha value is -1.28. The summed E-state index contributed by atoms with van der Waals surface area (Å²) < 4.78 is 0.246. The summed E-state index contributed by atoms with van der Waals surface area (Å²) in [5, 5.41) is 11.9. The minimum absolute atomic E-state index is 0.246. The van der Waals surface area contributed by atoms with Crippen molar-refractivity contribution in [3.8, 4) is 6.07 Å². The van der Waals surface area contributed by atoms with Crippen molar-refractivity contribution in [2.75, 3.05) is 18.1 Å². The zero-order valence-corrected chi connectivity index (χ0v) is 11.3. The largest absolute Gasteiger partial charge is 0.367 e. The number of nitrogens with one attached hydrogen (secondary N) is 1. The minimum Gasteiger partial charge on any atom is -0.367 e. The van der Waals surface area contributed by atoms with Gasteiger partial charge in [0.15, 0.2) is 5.69 Å². The van der Waals surface area contributed by atoms with Crippen LogP contribution in [0, 0.1) is 11.3 Å². The van der Waals surface area contributed by atoms with Crippen molar-refractivity contribution in [3.05, 3.63) is 18.1 Å². The van der Waals surface area contributed by atoms with E-state index in [-0.39, 0.29) is 4.75 Å². The lowest BCUT2D eigenvalue weighted by atomic mass is 10.0. The van der Waals surface area contributed by atoms with Crippen LogP contribution in [0.25, 0.3) is 0 Å². The highest BCUT2D eigenvalue weighted by Gasteiger charge is 2.24. The molecule has 0 aliphatic heterocycles. The second kappa shape index (κ2) is 6.45. The van der Waals surface area contributed by atoms with E-state index in [9.17, 15) is 0 Å². The zero-order chi connectivity index (χ0) is 12.7. The topological polar surface area (TPSA) is 61.6 Å². The fraction of sp³-hybridized carbons (Fsp3) is 0.583. The number of hydrogen-bond acceptors (Lipinski definition) is 5. The fourth-order valence-corrected chi connectivity index (χ4v) is 2.38. The summed E-state index contributed by atoms with van der Waals surface area (Å²) in [5.74, 6) is 0.726. The van der Waals surface area contributed by atoms with Gasteiger partial charge in [0.1, 0.15) is 11.9 Å². The molecule has 0 aromatic carbocycles. The normalized spacial score (nSPS) is 10.9. The van der Waals surface area contributed by atoms with Crippen LogP contribution in [-0.4, -0.2) is 27.5 Å². The van der Waals surface area contributed by atoms with Crippen molar-refractivity contribution < 1.29 is 0 Å². The number of rotatable bonds is 6. The summed E-state index contributed by atoms with van der Waals surface area (Å²) in [6.07, 6.45) is 7.46. The van der Waals surface area contributed by atoms with Gasteiger partial charge in [-0.2, -0.15) is 17.0 Å². The molecule has 0 bridgehead atoms. The number of nitrogens with zero attached hydrogens (tertiary/aromatic N) is 3. The molecule has 0 fully saturated rings. The van der Waals surface area contributed by atoms with E-state index in [0.29, 0.717) is 5.69 Å². The predicted octanol–water partition coefficient (Wildman–Crippen LogP) is 2.68. The van der Waals surface area contributed by atoms with Crippen LogP contribution in [0.5, 0.6) is 0 Å². The quantitative estimate of drug-likeness (QED) is 0.841. The van der Waals surface area contributed by atoms with Gasteiger partial charge in [0.25, 0.3) is 0 Å². The average molecular weight is 250 g/mol. The van der Waals surface area contributed by atoms with Crippen LogP contribution >= 0.6 is 11.8 Å². The molecule has 0 atom stereocenters. The van der Waals surface area contributed by atoms with Crippen molar-refractivity contribution >= 4 is 17.6 Å². The molecule has 1 heterocycles. The third kappa shape index (κ3) is 3.60. The first-order valence-electron chi connectivity index (χ1n) is 5.71. The van der Waals surface area contributed by atoms with Gasteiger partial charge in [-0.15, -0.1) is 0 Å². The molecule has 5 heteroatoms.